The average Bonchev–Trinajstić information content (AvgIpc) is 2.23. The monoisotopic (exact) mass is 222 g/mol. The molecule has 1 N–H and O–H groups in total. The Morgan fingerprint density at radius 1 is 1.44 bits per heavy atom. The van der Waals surface area contributed by atoms with E-state index in [4.69, 9.17) is 0 Å². The average molecular weight is 222 g/mol. The van der Waals surface area contributed by atoms with Gasteiger partial charge in [-0.15, -0.1) is 0 Å². The summed E-state index contributed by atoms with van der Waals surface area (Å²) in [6.07, 6.45) is 2.86. The van der Waals surface area contributed by atoms with E-state index in [-0.39, 0.29) is 5.56 Å². The molecule has 0 aliphatic rings. The molecular formula is C13H22N2O. The van der Waals surface area contributed by atoms with Crippen LogP contribution in [0.3, 0.4) is 0 Å². The maximum atomic E-state index is 11.7. The Balaban J connectivity index is 2.32. The standard InChI is InChI=1S/C13H22N2O/c1-11(2)10-14-7-5-9-15-8-4-6-12(3)13(15)16/h4,6,8,11,14H,5,7,9-10H2,1-3H3. The van der Waals surface area contributed by atoms with E-state index in [1.807, 2.05) is 25.3 Å². The highest BCUT2D eigenvalue weighted by atomic mass is 16.1. The van der Waals surface area contributed by atoms with Crippen molar-refractivity contribution in [3.05, 3.63) is 34.2 Å². The number of aryl methyl sites for hydroxylation is 2. The molecule has 0 aromatic carbocycles. The van der Waals surface area contributed by atoms with Gasteiger partial charge in [0.1, 0.15) is 0 Å². The number of pyridine rings is 1. The lowest BCUT2D eigenvalue weighted by Crippen LogP contribution is -2.25. The van der Waals surface area contributed by atoms with Crippen LogP contribution in [-0.4, -0.2) is 17.7 Å². The molecule has 16 heavy (non-hydrogen) atoms. The van der Waals surface area contributed by atoms with Crippen molar-refractivity contribution in [3.63, 3.8) is 0 Å². The lowest BCUT2D eigenvalue weighted by molar-refractivity contribution is 0.517. The molecule has 0 bridgehead atoms. The minimum absolute atomic E-state index is 0.131. The highest BCUT2D eigenvalue weighted by Crippen LogP contribution is 1.92. The Labute approximate surface area is 97.5 Å². The molecule has 0 aliphatic heterocycles. The van der Waals surface area contributed by atoms with Crippen LogP contribution in [0.2, 0.25) is 0 Å². The van der Waals surface area contributed by atoms with Crippen molar-refractivity contribution >= 4 is 0 Å². The minimum Gasteiger partial charge on any atom is -0.316 e. The van der Waals surface area contributed by atoms with Crippen molar-refractivity contribution in [2.45, 2.75) is 33.7 Å². The third-order valence-electron chi connectivity index (χ3n) is 2.52. The van der Waals surface area contributed by atoms with Crippen molar-refractivity contribution in [2.24, 2.45) is 5.92 Å². The molecule has 0 amide bonds. The fourth-order valence-corrected chi connectivity index (χ4v) is 1.60. The molecule has 0 atom stereocenters. The normalized spacial score (nSPS) is 11.0. The van der Waals surface area contributed by atoms with Crippen LogP contribution >= 0.6 is 0 Å². The Bertz CT molecular complexity index is 368. The van der Waals surface area contributed by atoms with Gasteiger partial charge in [0, 0.05) is 18.3 Å². The highest BCUT2D eigenvalue weighted by Gasteiger charge is 1.98. The maximum absolute atomic E-state index is 11.7. The van der Waals surface area contributed by atoms with Gasteiger partial charge in [0.2, 0.25) is 0 Å². The molecule has 1 aromatic rings. The van der Waals surface area contributed by atoms with Crippen LogP contribution in [0.15, 0.2) is 23.1 Å². The van der Waals surface area contributed by atoms with Crippen molar-refractivity contribution < 1.29 is 0 Å². The third-order valence-corrected chi connectivity index (χ3v) is 2.52. The topological polar surface area (TPSA) is 34.0 Å². The molecular weight excluding hydrogens is 200 g/mol. The predicted molar refractivity (Wildman–Crippen MR) is 67.8 cm³/mol. The molecule has 3 heteroatoms. The van der Waals surface area contributed by atoms with Crippen LogP contribution in [0, 0.1) is 12.8 Å². The molecule has 1 aromatic heterocycles. The van der Waals surface area contributed by atoms with Gasteiger partial charge in [0.25, 0.3) is 5.56 Å². The SMILES string of the molecule is Cc1cccn(CCCNCC(C)C)c1=O. The van der Waals surface area contributed by atoms with E-state index < -0.39 is 0 Å². The summed E-state index contributed by atoms with van der Waals surface area (Å²) in [5.41, 5.74) is 0.948. The predicted octanol–water partition coefficient (Wildman–Crippen LogP) is 1.79. The first-order valence-corrected chi connectivity index (χ1v) is 5.98. The van der Waals surface area contributed by atoms with Gasteiger partial charge in [-0.2, -0.15) is 0 Å². The molecule has 90 valence electrons. The van der Waals surface area contributed by atoms with Crippen molar-refractivity contribution in [1.82, 2.24) is 9.88 Å². The van der Waals surface area contributed by atoms with E-state index in [0.717, 1.165) is 31.6 Å². The first-order chi connectivity index (χ1) is 7.61. The molecule has 1 heterocycles. The fraction of sp³-hybridized carbons (Fsp3) is 0.615. The van der Waals surface area contributed by atoms with Crippen molar-refractivity contribution in [3.8, 4) is 0 Å². The van der Waals surface area contributed by atoms with E-state index in [1.54, 1.807) is 4.57 Å². The molecule has 0 radical (unpaired) electrons. The lowest BCUT2D eigenvalue weighted by Gasteiger charge is -2.08. The summed E-state index contributed by atoms with van der Waals surface area (Å²) in [6.45, 7) is 9.05. The fourth-order valence-electron chi connectivity index (χ4n) is 1.60. The maximum Gasteiger partial charge on any atom is 0.253 e. The number of hydrogen-bond donors (Lipinski definition) is 1. The minimum atomic E-state index is 0.131. The highest BCUT2D eigenvalue weighted by molar-refractivity contribution is 5.07. The van der Waals surface area contributed by atoms with Crippen LogP contribution in [0.1, 0.15) is 25.8 Å². The van der Waals surface area contributed by atoms with Crippen molar-refractivity contribution in [1.29, 1.82) is 0 Å². The van der Waals surface area contributed by atoms with Gasteiger partial charge in [-0.1, -0.05) is 19.9 Å². The summed E-state index contributed by atoms with van der Waals surface area (Å²) < 4.78 is 1.78. The second kappa shape index (κ2) is 6.48. The summed E-state index contributed by atoms with van der Waals surface area (Å²) in [5.74, 6) is 0.682. The zero-order valence-electron chi connectivity index (χ0n) is 10.5. The first-order valence-electron chi connectivity index (χ1n) is 5.98. The Morgan fingerprint density at radius 3 is 2.88 bits per heavy atom. The van der Waals surface area contributed by atoms with Gasteiger partial charge in [-0.25, -0.2) is 0 Å². The molecule has 0 spiro atoms. The third kappa shape index (κ3) is 4.19. The van der Waals surface area contributed by atoms with Gasteiger partial charge >= 0.3 is 0 Å². The van der Waals surface area contributed by atoms with E-state index >= 15 is 0 Å². The number of hydrogen-bond acceptors (Lipinski definition) is 2. The molecule has 0 saturated carbocycles. The summed E-state index contributed by atoms with van der Waals surface area (Å²) in [5, 5.41) is 3.37. The second-order valence-corrected chi connectivity index (χ2v) is 4.64. The van der Waals surface area contributed by atoms with E-state index in [1.165, 1.54) is 0 Å². The zero-order valence-corrected chi connectivity index (χ0v) is 10.5. The van der Waals surface area contributed by atoms with Gasteiger partial charge in [-0.3, -0.25) is 4.79 Å². The van der Waals surface area contributed by atoms with Gasteiger partial charge < -0.3 is 9.88 Å². The smallest absolute Gasteiger partial charge is 0.253 e. The van der Waals surface area contributed by atoms with Gasteiger partial charge in [0.15, 0.2) is 0 Å². The Hall–Kier alpha value is -1.09. The summed E-state index contributed by atoms with van der Waals surface area (Å²) in [4.78, 5) is 11.7. The second-order valence-electron chi connectivity index (χ2n) is 4.64. The van der Waals surface area contributed by atoms with Gasteiger partial charge in [0.05, 0.1) is 0 Å². The molecule has 1 rings (SSSR count). The molecule has 3 nitrogen and oxygen atoms in total. The first kappa shape index (κ1) is 13.0. The summed E-state index contributed by atoms with van der Waals surface area (Å²) in [7, 11) is 0. The Kier molecular flexibility index (Phi) is 5.26. The van der Waals surface area contributed by atoms with E-state index in [0.29, 0.717) is 5.92 Å². The van der Waals surface area contributed by atoms with E-state index in [2.05, 4.69) is 19.2 Å². The lowest BCUT2D eigenvalue weighted by atomic mass is 10.2. The number of rotatable bonds is 6. The molecule has 0 saturated heterocycles. The molecule has 0 unspecified atom stereocenters. The molecule has 0 fully saturated rings. The van der Waals surface area contributed by atoms with Crippen LogP contribution < -0.4 is 10.9 Å². The summed E-state index contributed by atoms with van der Waals surface area (Å²) in [6, 6.07) is 3.79. The number of nitrogens with zero attached hydrogens (tertiary/aromatic N) is 1. The van der Waals surface area contributed by atoms with Crippen LogP contribution in [0.25, 0.3) is 0 Å². The quantitative estimate of drug-likeness (QED) is 0.745. The number of aromatic nitrogens is 1. The van der Waals surface area contributed by atoms with E-state index in [9.17, 15) is 4.79 Å². The largest absolute Gasteiger partial charge is 0.316 e. The van der Waals surface area contributed by atoms with Gasteiger partial charge in [-0.05, 0) is 38.4 Å². The summed E-state index contributed by atoms with van der Waals surface area (Å²) >= 11 is 0. The Morgan fingerprint density at radius 2 is 2.19 bits per heavy atom. The molecule has 0 aliphatic carbocycles. The van der Waals surface area contributed by atoms with Crippen LogP contribution in [-0.2, 0) is 6.54 Å². The zero-order chi connectivity index (χ0) is 12.0. The van der Waals surface area contributed by atoms with Crippen molar-refractivity contribution in [2.75, 3.05) is 13.1 Å². The van der Waals surface area contributed by atoms with Crippen LogP contribution in [0.4, 0.5) is 0 Å². The number of nitrogens with one attached hydrogen (secondary N) is 1. The van der Waals surface area contributed by atoms with Crippen LogP contribution in [0.5, 0.6) is 0 Å².